The quantitative estimate of drug-likeness (QED) is 0.536. The lowest BCUT2D eigenvalue weighted by molar-refractivity contribution is 0.0951. The van der Waals surface area contributed by atoms with Crippen molar-refractivity contribution in [2.24, 2.45) is 0 Å². The molecule has 4 rings (SSSR count). The highest BCUT2D eigenvalue weighted by atomic mass is 32.1. The largest absolute Gasteiger partial charge is 0.447 e. The van der Waals surface area contributed by atoms with Crippen LogP contribution in [-0.2, 0) is 6.54 Å². The monoisotopic (exact) mass is 366 g/mol. The summed E-state index contributed by atoms with van der Waals surface area (Å²) >= 11 is 3.06. The molecule has 2 aromatic carbocycles. The van der Waals surface area contributed by atoms with Gasteiger partial charge in [0.2, 0.25) is 0 Å². The Bertz CT molecular complexity index is 1010. The Balaban J connectivity index is 1.38. The van der Waals surface area contributed by atoms with Crippen LogP contribution < -0.4 is 10.1 Å². The first-order valence-corrected chi connectivity index (χ1v) is 9.40. The van der Waals surface area contributed by atoms with Crippen LogP contribution in [-0.4, -0.2) is 10.9 Å². The molecular formula is C19H14N2O2S2. The third-order valence-corrected chi connectivity index (χ3v) is 5.37. The van der Waals surface area contributed by atoms with Crippen LogP contribution in [0.5, 0.6) is 10.8 Å². The molecule has 1 amide bonds. The van der Waals surface area contributed by atoms with Gasteiger partial charge in [0.1, 0.15) is 5.75 Å². The van der Waals surface area contributed by atoms with Crippen molar-refractivity contribution in [3.05, 3.63) is 76.6 Å². The van der Waals surface area contributed by atoms with E-state index in [4.69, 9.17) is 4.74 Å². The average Bonchev–Trinajstić information content (AvgIpc) is 3.29. The molecule has 0 aliphatic heterocycles. The summed E-state index contributed by atoms with van der Waals surface area (Å²) in [5, 5.41) is 3.76. The maximum Gasteiger partial charge on any atom is 0.251 e. The predicted octanol–water partition coefficient (Wildman–Crippen LogP) is 5.08. The summed E-state index contributed by atoms with van der Waals surface area (Å²) in [5.74, 6) is 0.715. The van der Waals surface area contributed by atoms with Crippen molar-refractivity contribution in [3.63, 3.8) is 0 Å². The molecule has 1 N–H and O–H groups in total. The third kappa shape index (κ3) is 3.70. The molecule has 0 unspecified atom stereocenters. The van der Waals surface area contributed by atoms with Gasteiger partial charge in [-0.3, -0.25) is 4.79 Å². The Morgan fingerprint density at radius 1 is 1.08 bits per heavy atom. The van der Waals surface area contributed by atoms with Crippen molar-refractivity contribution < 1.29 is 9.53 Å². The lowest BCUT2D eigenvalue weighted by Crippen LogP contribution is -2.22. The van der Waals surface area contributed by atoms with Crippen LogP contribution >= 0.6 is 22.7 Å². The fourth-order valence-electron chi connectivity index (χ4n) is 2.38. The number of nitrogens with zero attached hydrogens (tertiary/aromatic N) is 1. The van der Waals surface area contributed by atoms with Gasteiger partial charge < -0.3 is 10.1 Å². The van der Waals surface area contributed by atoms with Crippen LogP contribution in [0.25, 0.3) is 10.2 Å². The number of hydrogen-bond donors (Lipinski definition) is 1. The summed E-state index contributed by atoms with van der Waals surface area (Å²) < 4.78 is 6.81. The fraction of sp³-hybridized carbons (Fsp3) is 0.0526. The lowest BCUT2D eigenvalue weighted by Gasteiger charge is -2.04. The number of benzene rings is 2. The highest BCUT2D eigenvalue weighted by Gasteiger charge is 2.09. The molecule has 2 heterocycles. The molecule has 4 aromatic rings. The van der Waals surface area contributed by atoms with Gasteiger partial charge in [-0.1, -0.05) is 18.2 Å². The Hall–Kier alpha value is -2.70. The average molecular weight is 366 g/mol. The number of thiophene rings is 1. The molecule has 0 saturated carbocycles. The first-order valence-electron chi connectivity index (χ1n) is 7.71. The number of carbonyl (C=O) groups excluding carboxylic acids is 1. The van der Waals surface area contributed by atoms with Gasteiger partial charge >= 0.3 is 0 Å². The number of fused-ring (bicyclic) bond motifs is 1. The van der Waals surface area contributed by atoms with E-state index in [9.17, 15) is 4.79 Å². The van der Waals surface area contributed by atoms with E-state index in [0.29, 0.717) is 12.1 Å². The standard InChI is InChI=1S/C19H14N2O2S2/c22-19(13-6-8-16-17(10-13)24-12-21-16)20-11-15-7-9-18(25-15)23-14-4-2-1-3-5-14/h1-10,12H,11H2,(H,20,22). The number of thiazole rings is 1. The number of carbonyl (C=O) groups is 1. The van der Waals surface area contributed by atoms with Gasteiger partial charge in [0.15, 0.2) is 5.06 Å². The van der Waals surface area contributed by atoms with E-state index in [1.165, 1.54) is 22.7 Å². The lowest BCUT2D eigenvalue weighted by atomic mass is 10.2. The first kappa shape index (κ1) is 15.8. The normalized spacial score (nSPS) is 10.7. The molecule has 0 atom stereocenters. The molecule has 4 nitrogen and oxygen atoms in total. The zero-order valence-electron chi connectivity index (χ0n) is 13.1. The predicted molar refractivity (Wildman–Crippen MR) is 102 cm³/mol. The smallest absolute Gasteiger partial charge is 0.251 e. The summed E-state index contributed by atoms with van der Waals surface area (Å²) in [6, 6.07) is 19.1. The van der Waals surface area contributed by atoms with Crippen LogP contribution in [0.1, 0.15) is 15.2 Å². The van der Waals surface area contributed by atoms with E-state index in [0.717, 1.165) is 25.9 Å². The minimum Gasteiger partial charge on any atom is -0.447 e. The molecule has 0 fully saturated rings. The SMILES string of the molecule is O=C(NCc1ccc(Oc2ccccc2)s1)c1ccc2ncsc2c1. The summed E-state index contributed by atoms with van der Waals surface area (Å²) in [5.41, 5.74) is 3.35. The highest BCUT2D eigenvalue weighted by Crippen LogP contribution is 2.29. The highest BCUT2D eigenvalue weighted by molar-refractivity contribution is 7.16. The molecular weight excluding hydrogens is 352 g/mol. The minimum absolute atomic E-state index is 0.0887. The Morgan fingerprint density at radius 3 is 2.84 bits per heavy atom. The molecule has 6 heteroatoms. The van der Waals surface area contributed by atoms with Crippen molar-refractivity contribution in [1.29, 1.82) is 0 Å². The van der Waals surface area contributed by atoms with Crippen molar-refractivity contribution in [2.45, 2.75) is 6.54 Å². The number of aromatic nitrogens is 1. The van der Waals surface area contributed by atoms with Gasteiger partial charge in [-0.25, -0.2) is 4.98 Å². The van der Waals surface area contributed by atoms with E-state index < -0.39 is 0 Å². The number of para-hydroxylation sites is 1. The molecule has 0 aliphatic rings. The fourth-order valence-corrected chi connectivity index (χ4v) is 3.91. The van der Waals surface area contributed by atoms with Gasteiger partial charge in [0.05, 0.1) is 22.3 Å². The van der Waals surface area contributed by atoms with E-state index >= 15 is 0 Å². The van der Waals surface area contributed by atoms with Gasteiger partial charge in [-0.05, 0) is 42.5 Å². The number of amides is 1. The maximum atomic E-state index is 12.3. The van der Waals surface area contributed by atoms with Crippen LogP contribution in [0.15, 0.2) is 66.2 Å². The summed E-state index contributed by atoms with van der Waals surface area (Å²) in [7, 11) is 0. The van der Waals surface area contributed by atoms with Gasteiger partial charge in [0.25, 0.3) is 5.91 Å². The topological polar surface area (TPSA) is 51.2 Å². The number of rotatable bonds is 5. The molecule has 124 valence electrons. The zero-order chi connectivity index (χ0) is 17.1. The molecule has 2 aromatic heterocycles. The van der Waals surface area contributed by atoms with Crippen molar-refractivity contribution >= 4 is 38.8 Å². The second kappa shape index (κ2) is 7.04. The van der Waals surface area contributed by atoms with Crippen molar-refractivity contribution in [1.82, 2.24) is 10.3 Å². The zero-order valence-corrected chi connectivity index (χ0v) is 14.8. The van der Waals surface area contributed by atoms with Crippen LogP contribution in [0.4, 0.5) is 0 Å². The Labute approximate surface area is 152 Å². The minimum atomic E-state index is -0.0887. The summed E-state index contributed by atoms with van der Waals surface area (Å²) in [4.78, 5) is 17.6. The van der Waals surface area contributed by atoms with Gasteiger partial charge in [-0.15, -0.1) is 22.7 Å². The van der Waals surface area contributed by atoms with Crippen LogP contribution in [0.2, 0.25) is 0 Å². The van der Waals surface area contributed by atoms with Crippen LogP contribution in [0, 0.1) is 0 Å². The van der Waals surface area contributed by atoms with E-state index in [-0.39, 0.29) is 5.91 Å². The number of nitrogens with one attached hydrogen (secondary N) is 1. The third-order valence-electron chi connectivity index (χ3n) is 3.62. The van der Waals surface area contributed by atoms with Crippen molar-refractivity contribution in [3.8, 4) is 10.8 Å². The molecule has 0 spiro atoms. The number of ether oxygens (including phenoxy) is 1. The molecule has 0 saturated heterocycles. The Kier molecular flexibility index (Phi) is 4.45. The number of hydrogen-bond acceptors (Lipinski definition) is 5. The summed E-state index contributed by atoms with van der Waals surface area (Å²) in [6.45, 7) is 0.475. The second-order valence-electron chi connectivity index (χ2n) is 5.35. The molecule has 0 aliphatic carbocycles. The summed E-state index contributed by atoms with van der Waals surface area (Å²) in [6.07, 6.45) is 0. The molecule has 0 bridgehead atoms. The Morgan fingerprint density at radius 2 is 1.96 bits per heavy atom. The maximum absolute atomic E-state index is 12.3. The first-order chi connectivity index (χ1) is 12.3. The van der Waals surface area contributed by atoms with Crippen molar-refractivity contribution in [2.75, 3.05) is 0 Å². The second-order valence-corrected chi connectivity index (χ2v) is 7.37. The van der Waals surface area contributed by atoms with Gasteiger partial charge in [-0.2, -0.15) is 0 Å². The van der Waals surface area contributed by atoms with Crippen LogP contribution in [0.3, 0.4) is 0 Å². The van der Waals surface area contributed by atoms with Gasteiger partial charge in [0, 0.05) is 10.4 Å². The van der Waals surface area contributed by atoms with E-state index in [1.807, 2.05) is 54.6 Å². The van der Waals surface area contributed by atoms with E-state index in [2.05, 4.69) is 10.3 Å². The van der Waals surface area contributed by atoms with E-state index in [1.54, 1.807) is 11.6 Å². The molecule has 25 heavy (non-hydrogen) atoms. The molecule has 0 radical (unpaired) electrons.